The fraction of sp³-hybridized carbons (Fsp3) is 0.571. The quantitative estimate of drug-likeness (QED) is 0.804. The molecular weight excluding hydrogens is 246 g/mol. The van der Waals surface area contributed by atoms with Gasteiger partial charge in [-0.3, -0.25) is 0 Å². The minimum absolute atomic E-state index is 0.0195. The Labute approximate surface area is 113 Å². The van der Waals surface area contributed by atoms with Crippen LogP contribution in [0.2, 0.25) is 0 Å². The summed E-state index contributed by atoms with van der Waals surface area (Å²) in [4.78, 5) is 0. The summed E-state index contributed by atoms with van der Waals surface area (Å²) in [5.41, 5.74) is 0.798. The van der Waals surface area contributed by atoms with Crippen molar-refractivity contribution in [1.82, 2.24) is 5.32 Å². The molecule has 0 bridgehead atoms. The third-order valence-corrected chi connectivity index (χ3v) is 3.74. The topological polar surface area (TPSA) is 60.0 Å². The van der Waals surface area contributed by atoms with Crippen LogP contribution in [0.25, 0.3) is 0 Å². The maximum Gasteiger partial charge on any atom is 0.161 e. The Morgan fingerprint density at radius 1 is 1.32 bits per heavy atom. The summed E-state index contributed by atoms with van der Waals surface area (Å²) in [5.74, 6) is 1.39. The van der Waals surface area contributed by atoms with Crippen LogP contribution >= 0.6 is 0 Å². The standard InChI is InChI=1S/C14H21NO4/c1-15-13(14(7-16)8-19-9-14)10-4-5-11(17-2)12(6-10)18-3/h4-6,13,15-16H,7-9H2,1-3H3. The second kappa shape index (κ2) is 5.77. The molecule has 1 atom stereocenters. The Balaban J connectivity index is 2.33. The Hall–Kier alpha value is -1.30. The minimum atomic E-state index is -0.256. The van der Waals surface area contributed by atoms with Gasteiger partial charge in [0.15, 0.2) is 11.5 Å². The monoisotopic (exact) mass is 267 g/mol. The lowest BCUT2D eigenvalue weighted by atomic mass is 9.76. The van der Waals surface area contributed by atoms with Gasteiger partial charge in [0.05, 0.1) is 39.5 Å². The molecule has 0 saturated carbocycles. The molecular formula is C14H21NO4. The second-order valence-corrected chi connectivity index (χ2v) is 4.85. The molecule has 1 heterocycles. The summed E-state index contributed by atoms with van der Waals surface area (Å²) in [6.45, 7) is 1.21. The van der Waals surface area contributed by atoms with E-state index < -0.39 is 0 Å². The van der Waals surface area contributed by atoms with E-state index in [0.717, 1.165) is 5.56 Å². The predicted octanol–water partition coefficient (Wildman–Crippen LogP) is 0.973. The van der Waals surface area contributed by atoms with Crippen molar-refractivity contribution < 1.29 is 19.3 Å². The van der Waals surface area contributed by atoms with E-state index in [9.17, 15) is 5.11 Å². The van der Waals surface area contributed by atoms with E-state index in [0.29, 0.717) is 24.7 Å². The van der Waals surface area contributed by atoms with Crippen molar-refractivity contribution in [3.8, 4) is 11.5 Å². The maximum atomic E-state index is 9.65. The summed E-state index contributed by atoms with van der Waals surface area (Å²) in [6.07, 6.45) is 0. The largest absolute Gasteiger partial charge is 0.493 e. The van der Waals surface area contributed by atoms with E-state index in [1.54, 1.807) is 14.2 Å². The zero-order chi connectivity index (χ0) is 13.9. The van der Waals surface area contributed by atoms with Crippen molar-refractivity contribution in [2.24, 2.45) is 5.41 Å². The van der Waals surface area contributed by atoms with Crippen molar-refractivity contribution in [2.45, 2.75) is 6.04 Å². The summed E-state index contributed by atoms with van der Waals surface area (Å²) in [7, 11) is 5.11. The van der Waals surface area contributed by atoms with Gasteiger partial charge in [0.25, 0.3) is 0 Å². The van der Waals surface area contributed by atoms with Gasteiger partial charge in [0.2, 0.25) is 0 Å². The predicted molar refractivity (Wildman–Crippen MR) is 71.7 cm³/mol. The molecule has 2 rings (SSSR count). The maximum absolute atomic E-state index is 9.65. The molecule has 0 amide bonds. The third kappa shape index (κ3) is 2.41. The van der Waals surface area contributed by atoms with Crippen molar-refractivity contribution in [1.29, 1.82) is 0 Å². The highest BCUT2D eigenvalue weighted by molar-refractivity contribution is 5.44. The lowest BCUT2D eigenvalue weighted by Gasteiger charge is -2.46. The van der Waals surface area contributed by atoms with E-state index >= 15 is 0 Å². The summed E-state index contributed by atoms with van der Waals surface area (Å²) in [6, 6.07) is 5.82. The molecule has 0 radical (unpaired) electrons. The number of ether oxygens (including phenoxy) is 3. The van der Waals surface area contributed by atoms with Crippen LogP contribution in [0.5, 0.6) is 11.5 Å². The molecule has 106 valence electrons. The van der Waals surface area contributed by atoms with E-state index in [1.165, 1.54) is 0 Å². The smallest absolute Gasteiger partial charge is 0.161 e. The first-order valence-electron chi connectivity index (χ1n) is 6.28. The number of benzene rings is 1. The number of aliphatic hydroxyl groups is 1. The van der Waals surface area contributed by atoms with Crippen molar-refractivity contribution >= 4 is 0 Å². The minimum Gasteiger partial charge on any atom is -0.493 e. The van der Waals surface area contributed by atoms with Gasteiger partial charge in [0.1, 0.15) is 0 Å². The normalized spacial score (nSPS) is 18.5. The number of hydrogen-bond donors (Lipinski definition) is 2. The van der Waals surface area contributed by atoms with Gasteiger partial charge in [-0.15, -0.1) is 0 Å². The molecule has 0 aliphatic carbocycles. The van der Waals surface area contributed by atoms with Crippen LogP contribution in [0.1, 0.15) is 11.6 Å². The van der Waals surface area contributed by atoms with Crippen LogP contribution in [0.15, 0.2) is 18.2 Å². The van der Waals surface area contributed by atoms with E-state index in [4.69, 9.17) is 14.2 Å². The molecule has 1 aromatic carbocycles. The molecule has 1 fully saturated rings. The average molecular weight is 267 g/mol. The molecule has 2 N–H and O–H groups in total. The summed E-state index contributed by atoms with van der Waals surface area (Å²) >= 11 is 0. The molecule has 1 aliphatic heterocycles. The molecule has 0 spiro atoms. The lowest BCUT2D eigenvalue weighted by molar-refractivity contribution is -0.155. The van der Waals surface area contributed by atoms with Crippen LogP contribution in [0.3, 0.4) is 0 Å². The molecule has 5 heteroatoms. The molecule has 0 aromatic heterocycles. The Morgan fingerprint density at radius 2 is 2.00 bits per heavy atom. The van der Waals surface area contributed by atoms with Crippen molar-refractivity contribution in [2.75, 3.05) is 41.1 Å². The van der Waals surface area contributed by atoms with E-state index in [2.05, 4.69) is 5.32 Å². The van der Waals surface area contributed by atoms with E-state index in [1.807, 2.05) is 25.2 Å². The highest BCUT2D eigenvalue weighted by Crippen LogP contribution is 2.42. The van der Waals surface area contributed by atoms with Crippen LogP contribution in [-0.2, 0) is 4.74 Å². The van der Waals surface area contributed by atoms with Gasteiger partial charge in [-0.05, 0) is 24.7 Å². The number of aliphatic hydroxyl groups excluding tert-OH is 1. The van der Waals surface area contributed by atoms with Gasteiger partial charge >= 0.3 is 0 Å². The summed E-state index contributed by atoms with van der Waals surface area (Å²) < 4.78 is 15.8. The van der Waals surface area contributed by atoms with Crippen LogP contribution in [0.4, 0.5) is 0 Å². The van der Waals surface area contributed by atoms with Gasteiger partial charge in [-0.2, -0.15) is 0 Å². The van der Waals surface area contributed by atoms with Crippen LogP contribution in [-0.4, -0.2) is 46.2 Å². The molecule has 1 unspecified atom stereocenters. The van der Waals surface area contributed by atoms with E-state index in [-0.39, 0.29) is 18.1 Å². The number of nitrogens with one attached hydrogen (secondary N) is 1. The SMILES string of the molecule is CNC(c1ccc(OC)c(OC)c1)C1(CO)COC1. The first-order valence-corrected chi connectivity index (χ1v) is 6.28. The fourth-order valence-corrected chi connectivity index (χ4v) is 2.57. The zero-order valence-corrected chi connectivity index (χ0v) is 11.6. The number of rotatable bonds is 6. The van der Waals surface area contributed by atoms with Gasteiger partial charge in [-0.1, -0.05) is 6.07 Å². The Morgan fingerprint density at radius 3 is 2.42 bits per heavy atom. The Kier molecular flexibility index (Phi) is 4.29. The molecule has 1 aliphatic rings. The van der Waals surface area contributed by atoms with Crippen LogP contribution < -0.4 is 14.8 Å². The van der Waals surface area contributed by atoms with Gasteiger partial charge in [-0.25, -0.2) is 0 Å². The zero-order valence-electron chi connectivity index (χ0n) is 11.6. The fourth-order valence-electron chi connectivity index (χ4n) is 2.57. The third-order valence-electron chi connectivity index (χ3n) is 3.74. The van der Waals surface area contributed by atoms with Crippen LogP contribution in [0, 0.1) is 5.41 Å². The second-order valence-electron chi connectivity index (χ2n) is 4.85. The number of methoxy groups -OCH3 is 2. The summed E-state index contributed by atoms with van der Waals surface area (Å²) in [5, 5.41) is 12.9. The number of hydrogen-bond acceptors (Lipinski definition) is 5. The Bertz CT molecular complexity index is 426. The first kappa shape index (κ1) is 14.1. The highest BCUT2D eigenvalue weighted by Gasteiger charge is 2.45. The van der Waals surface area contributed by atoms with Gasteiger partial charge < -0.3 is 24.6 Å². The first-order chi connectivity index (χ1) is 9.20. The molecule has 1 saturated heterocycles. The average Bonchev–Trinajstić information content (AvgIpc) is 2.42. The van der Waals surface area contributed by atoms with Crippen molar-refractivity contribution in [3.05, 3.63) is 23.8 Å². The molecule has 19 heavy (non-hydrogen) atoms. The molecule has 1 aromatic rings. The molecule has 5 nitrogen and oxygen atoms in total. The van der Waals surface area contributed by atoms with Crippen molar-refractivity contribution in [3.63, 3.8) is 0 Å². The highest BCUT2D eigenvalue weighted by atomic mass is 16.5. The lowest BCUT2D eigenvalue weighted by Crippen LogP contribution is -2.53. The van der Waals surface area contributed by atoms with Gasteiger partial charge in [0, 0.05) is 6.04 Å².